The van der Waals surface area contributed by atoms with Gasteiger partial charge in [-0.25, -0.2) is 4.98 Å². The maximum atomic E-state index is 12.8. The molecular weight excluding hydrogens is 328 g/mol. The summed E-state index contributed by atoms with van der Waals surface area (Å²) in [4.78, 5) is 17.3. The van der Waals surface area contributed by atoms with Gasteiger partial charge in [0.25, 0.3) is 5.56 Å². The van der Waals surface area contributed by atoms with Crippen LogP contribution in [-0.4, -0.2) is 33.3 Å². The van der Waals surface area contributed by atoms with Crippen LogP contribution < -0.4 is 16.6 Å². The molecule has 0 saturated carbocycles. The molecule has 1 unspecified atom stereocenters. The Morgan fingerprint density at radius 1 is 1.38 bits per heavy atom. The first-order chi connectivity index (χ1) is 11.3. The average molecular weight is 353 g/mol. The van der Waals surface area contributed by atoms with Crippen LogP contribution in [0.5, 0.6) is 0 Å². The zero-order valence-corrected chi connectivity index (χ0v) is 15.0. The van der Waals surface area contributed by atoms with Crippen LogP contribution in [0.4, 0.5) is 0 Å². The number of aliphatic hydroxyl groups is 1. The third kappa shape index (κ3) is 4.33. The van der Waals surface area contributed by atoms with E-state index in [1.54, 1.807) is 25.1 Å². The number of benzene rings is 1. The highest BCUT2D eigenvalue weighted by atomic mass is 35.5. The normalized spacial score (nSPS) is 14.3. The first kappa shape index (κ1) is 18.9. The second-order valence-electron chi connectivity index (χ2n) is 6.35. The van der Waals surface area contributed by atoms with Gasteiger partial charge in [0.05, 0.1) is 28.1 Å². The lowest BCUT2D eigenvalue weighted by Crippen LogP contribution is -2.34. The smallest absolute Gasteiger partial charge is 0.262 e. The third-order valence-electron chi connectivity index (χ3n) is 3.82. The van der Waals surface area contributed by atoms with Crippen LogP contribution in [0.15, 0.2) is 23.0 Å². The molecule has 1 aromatic carbocycles. The first-order valence-corrected chi connectivity index (χ1v) is 8.55. The molecule has 24 heavy (non-hydrogen) atoms. The Kier molecular flexibility index (Phi) is 6.34. The summed E-state index contributed by atoms with van der Waals surface area (Å²) >= 11 is 6.17. The summed E-state index contributed by atoms with van der Waals surface area (Å²) < 4.78 is 1.53. The Morgan fingerprint density at radius 3 is 2.71 bits per heavy atom. The van der Waals surface area contributed by atoms with Crippen LogP contribution in [0.25, 0.3) is 10.9 Å². The highest BCUT2D eigenvalue weighted by Gasteiger charge is 2.17. The number of hydrogen-bond donors (Lipinski definition) is 3. The number of fused-ring (bicyclic) bond motifs is 1. The number of nitrogens with one attached hydrogen (secondary N) is 1. The van der Waals surface area contributed by atoms with E-state index in [4.69, 9.17) is 17.3 Å². The van der Waals surface area contributed by atoms with Gasteiger partial charge < -0.3 is 16.2 Å². The molecule has 132 valence electrons. The molecule has 0 spiro atoms. The molecule has 0 aliphatic heterocycles. The number of nitrogens with zero attached hydrogens (tertiary/aromatic N) is 2. The number of halogens is 1. The summed E-state index contributed by atoms with van der Waals surface area (Å²) in [5.41, 5.74) is 6.31. The molecule has 0 fully saturated rings. The number of nitrogens with two attached hydrogens (primary N) is 1. The molecule has 7 heteroatoms. The number of aromatic nitrogens is 2. The quantitative estimate of drug-likeness (QED) is 0.706. The molecule has 0 radical (unpaired) electrons. The summed E-state index contributed by atoms with van der Waals surface area (Å²) in [6.45, 7) is 6.62. The van der Waals surface area contributed by atoms with Gasteiger partial charge in [0.2, 0.25) is 0 Å². The van der Waals surface area contributed by atoms with Crippen molar-refractivity contribution in [1.29, 1.82) is 0 Å². The van der Waals surface area contributed by atoms with Gasteiger partial charge >= 0.3 is 0 Å². The fourth-order valence-electron chi connectivity index (χ4n) is 2.56. The average Bonchev–Trinajstić information content (AvgIpc) is 2.51. The van der Waals surface area contributed by atoms with E-state index in [0.29, 0.717) is 47.3 Å². The van der Waals surface area contributed by atoms with Crippen LogP contribution in [0.3, 0.4) is 0 Å². The Balaban J connectivity index is 2.34. The van der Waals surface area contributed by atoms with Crippen molar-refractivity contribution in [3.8, 4) is 0 Å². The minimum absolute atomic E-state index is 0.220. The third-order valence-corrected chi connectivity index (χ3v) is 4.13. The molecule has 0 saturated heterocycles. The summed E-state index contributed by atoms with van der Waals surface area (Å²) in [6, 6.07) is 5.08. The molecule has 2 aromatic rings. The summed E-state index contributed by atoms with van der Waals surface area (Å²) in [6.07, 6.45) is -0.126. The molecule has 2 rings (SSSR count). The van der Waals surface area contributed by atoms with Crippen LogP contribution in [0.1, 0.15) is 39.1 Å². The van der Waals surface area contributed by atoms with Crippen molar-refractivity contribution < 1.29 is 5.11 Å². The van der Waals surface area contributed by atoms with E-state index in [-0.39, 0.29) is 5.56 Å². The predicted octanol–water partition coefficient (Wildman–Crippen LogP) is 1.82. The Bertz CT molecular complexity index is 758. The van der Waals surface area contributed by atoms with Gasteiger partial charge in [-0.1, -0.05) is 31.5 Å². The van der Waals surface area contributed by atoms with Gasteiger partial charge in [-0.05, 0) is 25.5 Å². The second kappa shape index (κ2) is 8.07. The van der Waals surface area contributed by atoms with Crippen molar-refractivity contribution in [2.24, 2.45) is 5.73 Å². The van der Waals surface area contributed by atoms with Gasteiger partial charge in [-0.2, -0.15) is 0 Å². The van der Waals surface area contributed by atoms with Crippen LogP contribution in [0.2, 0.25) is 5.02 Å². The Labute approximate surface area is 146 Å². The van der Waals surface area contributed by atoms with Crippen molar-refractivity contribution in [3.63, 3.8) is 0 Å². The van der Waals surface area contributed by atoms with Crippen molar-refractivity contribution >= 4 is 22.5 Å². The largest absolute Gasteiger partial charge is 0.392 e. The van der Waals surface area contributed by atoms with Gasteiger partial charge in [0.15, 0.2) is 0 Å². The van der Waals surface area contributed by atoms with E-state index in [2.05, 4.69) is 10.3 Å². The first-order valence-electron chi connectivity index (χ1n) is 8.17. The molecule has 4 N–H and O–H groups in total. The maximum Gasteiger partial charge on any atom is 0.262 e. The lowest BCUT2D eigenvalue weighted by atomic mass is 10.2. The van der Waals surface area contributed by atoms with E-state index in [1.807, 2.05) is 13.8 Å². The van der Waals surface area contributed by atoms with Crippen molar-refractivity contribution in [2.45, 2.75) is 51.9 Å². The maximum absolute atomic E-state index is 12.8. The molecule has 0 aliphatic rings. The molecular formula is C17H25ClN4O2. The summed E-state index contributed by atoms with van der Waals surface area (Å²) in [5.74, 6) is 0.499. The van der Waals surface area contributed by atoms with Crippen molar-refractivity contribution in [1.82, 2.24) is 14.9 Å². The minimum atomic E-state index is -0.554. The van der Waals surface area contributed by atoms with Crippen LogP contribution >= 0.6 is 11.6 Å². The van der Waals surface area contributed by atoms with Gasteiger partial charge in [0, 0.05) is 19.1 Å². The number of aliphatic hydroxyl groups excluding tert-OH is 1. The van der Waals surface area contributed by atoms with Crippen LogP contribution in [-0.2, 0) is 6.54 Å². The predicted molar refractivity (Wildman–Crippen MR) is 97.4 cm³/mol. The topological polar surface area (TPSA) is 93.2 Å². The van der Waals surface area contributed by atoms with Crippen molar-refractivity contribution in [3.05, 3.63) is 39.4 Å². The van der Waals surface area contributed by atoms with Gasteiger partial charge in [-0.15, -0.1) is 0 Å². The van der Waals surface area contributed by atoms with E-state index in [0.717, 1.165) is 0 Å². The fourth-order valence-corrected chi connectivity index (χ4v) is 2.81. The molecule has 1 heterocycles. The van der Waals surface area contributed by atoms with E-state index < -0.39 is 12.1 Å². The molecule has 6 nitrogen and oxygen atoms in total. The fraction of sp³-hybridized carbons (Fsp3) is 0.529. The molecule has 0 aliphatic carbocycles. The SMILES string of the molecule is CC(C)NCC(O)CCn1c([C@H](C)N)nc2cccc(Cl)c2c1=O. The highest BCUT2D eigenvalue weighted by Crippen LogP contribution is 2.20. The van der Waals surface area contributed by atoms with Gasteiger partial charge in [-0.3, -0.25) is 9.36 Å². The lowest BCUT2D eigenvalue weighted by molar-refractivity contribution is 0.152. The lowest BCUT2D eigenvalue weighted by Gasteiger charge is -2.18. The Morgan fingerprint density at radius 2 is 2.08 bits per heavy atom. The molecule has 1 aromatic heterocycles. The number of rotatable bonds is 7. The van der Waals surface area contributed by atoms with E-state index in [1.165, 1.54) is 4.57 Å². The number of hydrogen-bond acceptors (Lipinski definition) is 5. The monoisotopic (exact) mass is 352 g/mol. The van der Waals surface area contributed by atoms with Crippen molar-refractivity contribution in [2.75, 3.05) is 6.54 Å². The standard InChI is InChI=1S/C17H25ClN4O2/c1-10(2)20-9-12(23)7-8-22-16(11(3)19)21-14-6-4-5-13(18)15(14)17(22)24/h4-6,10-12,20,23H,7-9,19H2,1-3H3/t11-,12?/m0/s1. The summed E-state index contributed by atoms with van der Waals surface area (Å²) in [7, 11) is 0. The minimum Gasteiger partial charge on any atom is -0.392 e. The molecule has 2 atom stereocenters. The molecule has 0 amide bonds. The molecule has 0 bridgehead atoms. The Hall–Kier alpha value is -1.47. The zero-order chi connectivity index (χ0) is 17.9. The zero-order valence-electron chi connectivity index (χ0n) is 14.3. The van der Waals surface area contributed by atoms with E-state index in [9.17, 15) is 9.90 Å². The summed E-state index contributed by atoms with van der Waals surface area (Å²) in [5, 5.41) is 14.0. The van der Waals surface area contributed by atoms with Gasteiger partial charge in [0.1, 0.15) is 5.82 Å². The highest BCUT2D eigenvalue weighted by molar-refractivity contribution is 6.35. The van der Waals surface area contributed by atoms with Crippen LogP contribution in [0, 0.1) is 0 Å². The van der Waals surface area contributed by atoms with E-state index >= 15 is 0 Å². The second-order valence-corrected chi connectivity index (χ2v) is 6.76.